The fourth-order valence-electron chi connectivity index (χ4n) is 0.955. The van der Waals surface area contributed by atoms with E-state index in [9.17, 15) is 9.18 Å². The maximum absolute atomic E-state index is 12.5. The molecule has 0 aromatic rings. The van der Waals surface area contributed by atoms with Gasteiger partial charge in [-0.3, -0.25) is 4.79 Å². The topological polar surface area (TPSA) is 20.3 Å². The van der Waals surface area contributed by atoms with Crippen LogP contribution in [0.4, 0.5) is 4.39 Å². The summed E-state index contributed by atoms with van der Waals surface area (Å²) in [6.45, 7) is 5.86. The predicted octanol–water partition coefficient (Wildman–Crippen LogP) is 1.50. The molecule has 0 aromatic carbocycles. The molecule has 0 spiro atoms. The molecule has 0 fully saturated rings. The van der Waals surface area contributed by atoms with Gasteiger partial charge in [0, 0.05) is 6.54 Å². The zero-order valence-electron chi connectivity index (χ0n) is 8.35. The lowest BCUT2D eigenvalue weighted by molar-refractivity contribution is -0.127. The number of alkyl halides is 1. The lowest BCUT2D eigenvalue weighted by atomic mass is 9.87. The maximum atomic E-state index is 12.5. The van der Waals surface area contributed by atoms with Crippen molar-refractivity contribution in [3.8, 4) is 0 Å². The van der Waals surface area contributed by atoms with E-state index in [2.05, 4.69) is 0 Å². The molecule has 72 valence electrons. The van der Waals surface area contributed by atoms with Crippen LogP contribution in [-0.2, 0) is 4.79 Å². The molecule has 1 unspecified atom stereocenters. The zero-order valence-corrected chi connectivity index (χ0v) is 8.35. The van der Waals surface area contributed by atoms with E-state index < -0.39 is 12.1 Å². The van der Waals surface area contributed by atoms with E-state index in [0.717, 1.165) is 6.54 Å². The summed E-state index contributed by atoms with van der Waals surface area (Å²) in [4.78, 5) is 13.0. The average molecular weight is 175 g/mol. The molecule has 0 bridgehead atoms. The number of ketones is 1. The molecule has 0 saturated heterocycles. The number of nitrogens with zero attached hydrogens (tertiary/aromatic N) is 1. The number of Topliss-reactive ketones (excluding diaryl/α,β-unsaturated/α-hetero) is 1. The lowest BCUT2D eigenvalue weighted by Gasteiger charge is -2.28. The molecule has 2 nitrogen and oxygen atoms in total. The summed E-state index contributed by atoms with van der Waals surface area (Å²) in [7, 11) is 1.89. The molecule has 0 saturated carbocycles. The van der Waals surface area contributed by atoms with Gasteiger partial charge < -0.3 is 4.90 Å². The third-order valence-electron chi connectivity index (χ3n) is 2.30. The molecule has 0 radical (unpaired) electrons. The fourth-order valence-corrected chi connectivity index (χ4v) is 0.955. The van der Waals surface area contributed by atoms with Crippen molar-refractivity contribution in [2.75, 3.05) is 26.8 Å². The van der Waals surface area contributed by atoms with Crippen LogP contribution in [0.5, 0.6) is 0 Å². The maximum Gasteiger partial charge on any atom is 0.139 e. The molecular weight excluding hydrogens is 157 g/mol. The quantitative estimate of drug-likeness (QED) is 0.631. The first-order chi connectivity index (χ1) is 5.46. The second-order valence-electron chi connectivity index (χ2n) is 3.58. The van der Waals surface area contributed by atoms with Crippen LogP contribution < -0.4 is 0 Å². The molecule has 0 aliphatic heterocycles. The Kier molecular flexibility index (Phi) is 4.39. The van der Waals surface area contributed by atoms with Gasteiger partial charge in [-0.05, 0) is 27.4 Å². The van der Waals surface area contributed by atoms with Crippen molar-refractivity contribution >= 4 is 5.78 Å². The first-order valence-corrected chi connectivity index (χ1v) is 4.22. The lowest BCUT2D eigenvalue weighted by Crippen LogP contribution is -2.40. The molecule has 0 amide bonds. The summed E-state index contributed by atoms with van der Waals surface area (Å²) in [6.07, 6.45) is 0. The van der Waals surface area contributed by atoms with Crippen molar-refractivity contribution in [1.82, 2.24) is 4.90 Å². The molecule has 0 rings (SSSR count). The molecule has 0 N–H and O–H groups in total. The average Bonchev–Trinajstić information content (AvgIpc) is 2.03. The molecule has 0 aliphatic carbocycles. The van der Waals surface area contributed by atoms with Gasteiger partial charge in [-0.1, -0.05) is 6.92 Å². The zero-order chi connectivity index (χ0) is 9.78. The second-order valence-corrected chi connectivity index (χ2v) is 3.58. The SMILES string of the molecule is CCN(C)CC(C)(CF)C(C)=O. The van der Waals surface area contributed by atoms with Crippen LogP contribution in [0.3, 0.4) is 0 Å². The van der Waals surface area contributed by atoms with Gasteiger partial charge in [-0.25, -0.2) is 4.39 Å². The highest BCUT2D eigenvalue weighted by atomic mass is 19.1. The van der Waals surface area contributed by atoms with E-state index in [4.69, 9.17) is 0 Å². The highest BCUT2D eigenvalue weighted by Crippen LogP contribution is 2.19. The Morgan fingerprint density at radius 1 is 1.58 bits per heavy atom. The standard InChI is InChI=1S/C9H18FNO/c1-5-11(4)7-9(3,6-10)8(2)12/h5-7H2,1-4H3. The number of carbonyl (C=O) groups is 1. The minimum Gasteiger partial charge on any atom is -0.306 e. The van der Waals surface area contributed by atoms with Gasteiger partial charge in [-0.15, -0.1) is 0 Å². The van der Waals surface area contributed by atoms with E-state index >= 15 is 0 Å². The van der Waals surface area contributed by atoms with E-state index in [0.29, 0.717) is 6.54 Å². The van der Waals surface area contributed by atoms with Crippen molar-refractivity contribution in [2.45, 2.75) is 20.8 Å². The van der Waals surface area contributed by atoms with Gasteiger partial charge in [0.25, 0.3) is 0 Å². The molecule has 12 heavy (non-hydrogen) atoms. The fraction of sp³-hybridized carbons (Fsp3) is 0.889. The highest BCUT2D eigenvalue weighted by Gasteiger charge is 2.30. The second kappa shape index (κ2) is 4.55. The minimum atomic E-state index is -0.815. The van der Waals surface area contributed by atoms with Crippen LogP contribution in [0.2, 0.25) is 0 Å². The first-order valence-electron chi connectivity index (χ1n) is 4.22. The largest absolute Gasteiger partial charge is 0.306 e. The summed E-state index contributed by atoms with van der Waals surface area (Å²) < 4.78 is 12.5. The highest BCUT2D eigenvalue weighted by molar-refractivity contribution is 5.82. The number of rotatable bonds is 5. The van der Waals surface area contributed by atoms with E-state index in [1.807, 2.05) is 18.9 Å². The normalized spacial score (nSPS) is 16.2. The molecule has 3 heteroatoms. The summed E-state index contributed by atoms with van der Waals surface area (Å²) in [5.74, 6) is -0.0784. The van der Waals surface area contributed by atoms with E-state index in [1.165, 1.54) is 6.92 Å². The smallest absolute Gasteiger partial charge is 0.139 e. The summed E-state index contributed by atoms with van der Waals surface area (Å²) in [6, 6.07) is 0. The van der Waals surface area contributed by atoms with Crippen LogP contribution in [-0.4, -0.2) is 37.5 Å². The Bertz CT molecular complexity index is 161. The van der Waals surface area contributed by atoms with Crippen molar-refractivity contribution in [3.05, 3.63) is 0 Å². The predicted molar refractivity (Wildman–Crippen MR) is 47.9 cm³/mol. The van der Waals surface area contributed by atoms with Crippen molar-refractivity contribution in [3.63, 3.8) is 0 Å². The molecule has 0 aromatic heterocycles. The summed E-state index contributed by atoms with van der Waals surface area (Å²) >= 11 is 0. The van der Waals surface area contributed by atoms with Gasteiger partial charge in [0.15, 0.2) is 0 Å². The van der Waals surface area contributed by atoms with Crippen molar-refractivity contribution in [2.24, 2.45) is 5.41 Å². The summed E-state index contributed by atoms with van der Waals surface area (Å²) in [5.41, 5.74) is -0.815. The number of halogens is 1. The molecular formula is C9H18FNO. The Labute approximate surface area is 73.7 Å². The number of hydrogen-bond donors (Lipinski definition) is 0. The first kappa shape index (κ1) is 11.6. The minimum absolute atomic E-state index is 0.0784. The Hall–Kier alpha value is -0.440. The van der Waals surface area contributed by atoms with Gasteiger partial charge in [0.05, 0.1) is 5.41 Å². The Morgan fingerprint density at radius 3 is 2.33 bits per heavy atom. The number of hydrogen-bond acceptors (Lipinski definition) is 2. The van der Waals surface area contributed by atoms with Crippen molar-refractivity contribution in [1.29, 1.82) is 0 Å². The van der Waals surface area contributed by atoms with Crippen LogP contribution in [0.25, 0.3) is 0 Å². The third kappa shape index (κ3) is 2.89. The monoisotopic (exact) mass is 175 g/mol. The van der Waals surface area contributed by atoms with Crippen LogP contribution in [0, 0.1) is 5.41 Å². The van der Waals surface area contributed by atoms with Crippen LogP contribution >= 0.6 is 0 Å². The Morgan fingerprint density at radius 2 is 2.08 bits per heavy atom. The van der Waals surface area contributed by atoms with Crippen molar-refractivity contribution < 1.29 is 9.18 Å². The molecule has 0 heterocycles. The van der Waals surface area contributed by atoms with Gasteiger partial charge in [0.2, 0.25) is 0 Å². The van der Waals surface area contributed by atoms with Crippen LogP contribution in [0.15, 0.2) is 0 Å². The van der Waals surface area contributed by atoms with Gasteiger partial charge in [-0.2, -0.15) is 0 Å². The van der Waals surface area contributed by atoms with Crippen LogP contribution in [0.1, 0.15) is 20.8 Å². The number of carbonyl (C=O) groups excluding carboxylic acids is 1. The Balaban J connectivity index is 4.23. The van der Waals surface area contributed by atoms with E-state index in [-0.39, 0.29) is 5.78 Å². The molecule has 1 atom stereocenters. The third-order valence-corrected chi connectivity index (χ3v) is 2.30. The van der Waals surface area contributed by atoms with E-state index in [1.54, 1.807) is 6.92 Å². The van der Waals surface area contributed by atoms with Gasteiger partial charge in [0.1, 0.15) is 12.5 Å². The summed E-state index contributed by atoms with van der Waals surface area (Å²) in [5, 5.41) is 0. The molecule has 0 aliphatic rings. The van der Waals surface area contributed by atoms with Gasteiger partial charge >= 0.3 is 0 Å².